The van der Waals surface area contributed by atoms with Gasteiger partial charge in [0.2, 0.25) is 0 Å². The van der Waals surface area contributed by atoms with Gasteiger partial charge in [0.1, 0.15) is 5.60 Å². The van der Waals surface area contributed by atoms with Gasteiger partial charge < -0.3 is 4.74 Å². The number of hydrogen-bond donors (Lipinski definition) is 0. The lowest BCUT2D eigenvalue weighted by molar-refractivity contribution is -0.161. The summed E-state index contributed by atoms with van der Waals surface area (Å²) >= 11 is 0. The van der Waals surface area contributed by atoms with Crippen LogP contribution >= 0.6 is 0 Å². The molecule has 0 aromatic carbocycles. The molecule has 0 spiro atoms. The maximum Gasteiger partial charge on any atom is 0.303 e. The Kier molecular flexibility index (Phi) is 3.81. The summed E-state index contributed by atoms with van der Waals surface area (Å²) in [4.78, 5) is 11.3. The Bertz CT molecular complexity index is 394. The third-order valence-corrected chi connectivity index (χ3v) is 5.63. The Morgan fingerprint density at radius 2 is 2.11 bits per heavy atom. The second-order valence-corrected chi connectivity index (χ2v) is 7.26. The number of hydrogen-bond acceptors (Lipinski definition) is 2. The molecule has 2 heteroatoms. The highest BCUT2D eigenvalue weighted by molar-refractivity contribution is 5.66. The van der Waals surface area contributed by atoms with E-state index in [9.17, 15) is 4.79 Å². The zero-order chi connectivity index (χ0) is 14.3. The van der Waals surface area contributed by atoms with Gasteiger partial charge in [0.25, 0.3) is 0 Å². The molecule has 1 fully saturated rings. The van der Waals surface area contributed by atoms with E-state index in [0.717, 1.165) is 18.8 Å². The topological polar surface area (TPSA) is 26.3 Å². The molecule has 0 aliphatic heterocycles. The molecule has 0 saturated heterocycles. The minimum absolute atomic E-state index is 0.159. The fourth-order valence-electron chi connectivity index (χ4n) is 4.09. The lowest BCUT2D eigenvalue weighted by Gasteiger charge is -2.50. The third kappa shape index (κ3) is 2.73. The Labute approximate surface area is 117 Å². The summed E-state index contributed by atoms with van der Waals surface area (Å²) in [6.45, 7) is 10.5. The van der Waals surface area contributed by atoms with Gasteiger partial charge in [0, 0.05) is 6.92 Å². The molecule has 0 aromatic heterocycles. The molecule has 0 unspecified atom stereocenters. The first kappa shape index (κ1) is 14.6. The monoisotopic (exact) mass is 264 g/mol. The molecular formula is C17H28O2. The van der Waals surface area contributed by atoms with Crippen molar-refractivity contribution in [2.24, 2.45) is 17.3 Å². The highest BCUT2D eigenvalue weighted by Gasteiger charge is 2.46. The number of esters is 1. The summed E-state index contributed by atoms with van der Waals surface area (Å²) < 4.78 is 5.58. The van der Waals surface area contributed by atoms with E-state index in [1.807, 2.05) is 0 Å². The Hall–Kier alpha value is -0.790. The van der Waals surface area contributed by atoms with E-state index in [1.165, 1.54) is 26.2 Å². The fourth-order valence-corrected chi connectivity index (χ4v) is 4.09. The number of allylic oxidation sites excluding steroid dienone is 2. The molecule has 0 heterocycles. The highest BCUT2D eigenvalue weighted by Crippen LogP contribution is 2.54. The first-order valence-electron chi connectivity index (χ1n) is 7.65. The number of carbonyl (C=O) groups excluding carboxylic acids is 1. The molecule has 0 N–H and O–H groups in total. The summed E-state index contributed by atoms with van der Waals surface area (Å²) in [5.41, 5.74) is 1.64. The fraction of sp³-hybridized carbons (Fsp3) is 0.824. The average Bonchev–Trinajstić information content (AvgIpc) is 2.28. The predicted molar refractivity (Wildman–Crippen MR) is 77.8 cm³/mol. The van der Waals surface area contributed by atoms with Gasteiger partial charge in [-0.1, -0.05) is 25.5 Å². The lowest BCUT2D eigenvalue weighted by Crippen LogP contribution is -2.45. The third-order valence-electron chi connectivity index (χ3n) is 5.63. The van der Waals surface area contributed by atoms with Gasteiger partial charge in [-0.05, 0) is 63.2 Å². The van der Waals surface area contributed by atoms with Gasteiger partial charge in [0.15, 0.2) is 0 Å². The van der Waals surface area contributed by atoms with Crippen LogP contribution in [0.15, 0.2) is 11.6 Å². The van der Waals surface area contributed by atoms with Crippen LogP contribution < -0.4 is 0 Å². The van der Waals surface area contributed by atoms with Gasteiger partial charge in [0.05, 0.1) is 0 Å². The van der Waals surface area contributed by atoms with Crippen LogP contribution in [0.5, 0.6) is 0 Å². The Morgan fingerprint density at radius 3 is 2.74 bits per heavy atom. The molecule has 2 aliphatic carbocycles. The normalized spacial score (nSPS) is 35.3. The summed E-state index contributed by atoms with van der Waals surface area (Å²) in [6.07, 6.45) is 8.48. The maximum absolute atomic E-state index is 11.3. The molecule has 108 valence electrons. The van der Waals surface area contributed by atoms with Crippen LogP contribution in [0.1, 0.15) is 66.7 Å². The summed E-state index contributed by atoms with van der Waals surface area (Å²) in [6, 6.07) is 0. The standard InChI is InChI=1S/C17H28O2/c1-12-7-6-8-14-9-10-15(11-17(12,14)5)16(3,4)19-13(2)18/h8,12,15H,6-7,9-11H2,1-5H3/t12-,15-,17+/m1/s1. The zero-order valence-corrected chi connectivity index (χ0v) is 13.1. The predicted octanol–water partition coefficient (Wildman–Crippen LogP) is 4.49. The minimum atomic E-state index is -0.336. The summed E-state index contributed by atoms with van der Waals surface area (Å²) in [5, 5.41) is 0. The molecule has 2 aliphatic rings. The van der Waals surface area contributed by atoms with Gasteiger partial charge in [-0.3, -0.25) is 4.79 Å². The van der Waals surface area contributed by atoms with Crippen LogP contribution in [-0.2, 0) is 9.53 Å². The van der Waals surface area contributed by atoms with Gasteiger partial charge in [-0.2, -0.15) is 0 Å². The highest BCUT2D eigenvalue weighted by atomic mass is 16.6. The van der Waals surface area contributed by atoms with Crippen LogP contribution in [0.4, 0.5) is 0 Å². The second kappa shape index (κ2) is 4.96. The number of ether oxygens (including phenoxy) is 1. The van der Waals surface area contributed by atoms with Crippen LogP contribution in [0.3, 0.4) is 0 Å². The first-order chi connectivity index (χ1) is 8.75. The number of fused-ring (bicyclic) bond motifs is 1. The molecule has 3 atom stereocenters. The van der Waals surface area contributed by atoms with Crippen LogP contribution in [-0.4, -0.2) is 11.6 Å². The largest absolute Gasteiger partial charge is 0.460 e. The van der Waals surface area contributed by atoms with Gasteiger partial charge >= 0.3 is 5.97 Å². The van der Waals surface area contributed by atoms with E-state index in [1.54, 1.807) is 5.57 Å². The van der Waals surface area contributed by atoms with Crippen molar-refractivity contribution >= 4 is 5.97 Å². The smallest absolute Gasteiger partial charge is 0.303 e. The number of rotatable bonds is 2. The van der Waals surface area contributed by atoms with Crippen LogP contribution in [0.25, 0.3) is 0 Å². The van der Waals surface area contributed by atoms with Gasteiger partial charge in [-0.25, -0.2) is 0 Å². The van der Waals surface area contributed by atoms with E-state index in [-0.39, 0.29) is 11.6 Å². The molecule has 1 saturated carbocycles. The lowest BCUT2D eigenvalue weighted by atomic mass is 9.56. The van der Waals surface area contributed by atoms with E-state index in [4.69, 9.17) is 4.74 Å². The minimum Gasteiger partial charge on any atom is -0.460 e. The van der Waals surface area contributed by atoms with Crippen molar-refractivity contribution in [3.63, 3.8) is 0 Å². The Morgan fingerprint density at radius 1 is 1.42 bits per heavy atom. The van der Waals surface area contributed by atoms with Crippen molar-refractivity contribution in [1.29, 1.82) is 0 Å². The zero-order valence-electron chi connectivity index (χ0n) is 13.1. The molecule has 2 nitrogen and oxygen atoms in total. The van der Waals surface area contributed by atoms with Crippen molar-refractivity contribution in [2.45, 2.75) is 72.3 Å². The van der Waals surface area contributed by atoms with E-state index in [2.05, 4.69) is 33.8 Å². The van der Waals surface area contributed by atoms with E-state index >= 15 is 0 Å². The van der Waals surface area contributed by atoms with Crippen molar-refractivity contribution in [3.8, 4) is 0 Å². The molecule has 2 rings (SSSR count). The van der Waals surface area contributed by atoms with Crippen molar-refractivity contribution in [1.82, 2.24) is 0 Å². The van der Waals surface area contributed by atoms with Crippen LogP contribution in [0.2, 0.25) is 0 Å². The van der Waals surface area contributed by atoms with Crippen molar-refractivity contribution in [3.05, 3.63) is 11.6 Å². The Balaban J connectivity index is 2.18. The molecule has 0 radical (unpaired) electrons. The van der Waals surface area contributed by atoms with E-state index in [0.29, 0.717) is 11.3 Å². The first-order valence-corrected chi connectivity index (χ1v) is 7.65. The van der Waals surface area contributed by atoms with Gasteiger partial charge in [-0.15, -0.1) is 0 Å². The number of carbonyl (C=O) groups is 1. The average molecular weight is 264 g/mol. The van der Waals surface area contributed by atoms with Crippen molar-refractivity contribution in [2.75, 3.05) is 0 Å². The SMILES string of the molecule is CC(=O)OC(C)(C)[C@@H]1CCC2=CCC[C@@H](C)[C@]2(C)C1. The maximum atomic E-state index is 11.3. The summed E-state index contributed by atoms with van der Waals surface area (Å²) in [7, 11) is 0. The second-order valence-electron chi connectivity index (χ2n) is 7.26. The quantitative estimate of drug-likeness (QED) is 0.542. The van der Waals surface area contributed by atoms with Crippen molar-refractivity contribution < 1.29 is 9.53 Å². The molecule has 19 heavy (non-hydrogen) atoms. The van der Waals surface area contributed by atoms with E-state index < -0.39 is 0 Å². The molecule has 0 aromatic rings. The molecule has 0 amide bonds. The van der Waals surface area contributed by atoms with Crippen LogP contribution in [0, 0.1) is 17.3 Å². The molecule has 0 bridgehead atoms. The molecular weight excluding hydrogens is 236 g/mol. The summed E-state index contributed by atoms with van der Waals surface area (Å²) in [5.74, 6) is 1.05.